The van der Waals surface area contributed by atoms with Gasteiger partial charge in [0.2, 0.25) is 11.8 Å². The van der Waals surface area contributed by atoms with E-state index < -0.39 is 102 Å². The molecule has 58 heavy (non-hydrogen) atoms. The monoisotopic (exact) mass is 911 g/mol. The lowest BCUT2D eigenvalue weighted by molar-refractivity contribution is -0.138. The van der Waals surface area contributed by atoms with Gasteiger partial charge < -0.3 is 61.1 Å². The van der Waals surface area contributed by atoms with Gasteiger partial charge in [-0.1, -0.05) is 25.6 Å². The minimum atomic E-state index is -5.60. The molecule has 0 bridgehead atoms. The highest BCUT2D eigenvalue weighted by atomic mass is 32.2. The minimum Gasteiger partial charge on any atom is -0.481 e. The highest BCUT2D eigenvalue weighted by molar-refractivity contribution is 8.13. The summed E-state index contributed by atoms with van der Waals surface area (Å²) in [5, 5.41) is 44.1. The molecule has 2 aromatic heterocycles. The third kappa shape index (κ3) is 15.5. The second-order valence-corrected chi connectivity index (χ2v) is 18.5. The van der Waals surface area contributed by atoms with Gasteiger partial charge in [0.15, 0.2) is 22.8 Å². The van der Waals surface area contributed by atoms with Crippen LogP contribution in [0.4, 0.5) is 5.82 Å². The fourth-order valence-corrected chi connectivity index (χ4v) is 8.51. The van der Waals surface area contributed by atoms with Crippen molar-refractivity contribution in [1.82, 2.24) is 30.2 Å². The molecule has 328 valence electrons. The van der Waals surface area contributed by atoms with Crippen molar-refractivity contribution in [3.05, 3.63) is 12.7 Å². The number of rotatable bonds is 24. The standard InChI is InChI=1S/C27H44N7O20P3S/c1-27(2,22(41)25(42)30-6-5-16(36)29-7-8-58-18(39)9-14(35)3-4-17(37)38)11-51-57(48,49)54-56(46,47)50-10-15-21(53-55(43,44)45)20(40)26(52-15)34-13-33-19-23(28)31-12-32-24(19)34/h12-15,20-22,26,35,40-41H,3-11H2,1-2H3,(H,29,36)(H,30,42)(H,37,38)(H,46,47)(H,48,49)(H2,28,31,32)(H2,43,44,45)/t14?,15-,20-,21-,22+,26-/m1/s1. The van der Waals surface area contributed by atoms with Crippen LogP contribution in [0.5, 0.6) is 0 Å². The number of carbonyl (C=O) groups excluding carboxylic acids is 3. The molecular formula is C27H44N7O20P3S. The molecule has 1 aliphatic rings. The summed E-state index contributed by atoms with van der Waals surface area (Å²) < 4.78 is 62.0. The number of anilines is 1. The summed E-state index contributed by atoms with van der Waals surface area (Å²) in [6.07, 6.45) is -8.88. The van der Waals surface area contributed by atoms with Crippen molar-refractivity contribution in [3.8, 4) is 0 Å². The molecule has 0 saturated carbocycles. The summed E-state index contributed by atoms with van der Waals surface area (Å²) in [6, 6.07) is 0. The molecule has 0 aliphatic carbocycles. The second kappa shape index (κ2) is 21.0. The normalized spacial score (nSPS) is 21.8. The number of aliphatic carboxylic acids is 1. The Hall–Kier alpha value is -3.01. The molecule has 31 heteroatoms. The summed E-state index contributed by atoms with van der Waals surface area (Å²) in [5.74, 6) is -2.57. The van der Waals surface area contributed by atoms with E-state index in [0.29, 0.717) is 0 Å². The summed E-state index contributed by atoms with van der Waals surface area (Å²) in [7, 11) is -16.5. The number of imidazole rings is 1. The molecule has 27 nitrogen and oxygen atoms in total. The second-order valence-electron chi connectivity index (χ2n) is 13.1. The summed E-state index contributed by atoms with van der Waals surface area (Å²) in [6.45, 7) is 0.140. The number of aliphatic hydroxyl groups excluding tert-OH is 3. The van der Waals surface area contributed by atoms with E-state index in [1.165, 1.54) is 13.8 Å². The summed E-state index contributed by atoms with van der Waals surface area (Å²) in [5.41, 5.74) is 4.18. The van der Waals surface area contributed by atoms with Gasteiger partial charge in [-0.05, 0) is 6.42 Å². The minimum absolute atomic E-state index is 0.0160. The molecule has 3 unspecified atom stereocenters. The maximum atomic E-state index is 12.7. The molecule has 8 atom stereocenters. The van der Waals surface area contributed by atoms with Crippen molar-refractivity contribution in [2.45, 2.75) is 76.3 Å². The first-order chi connectivity index (χ1) is 26.8. The van der Waals surface area contributed by atoms with E-state index in [1.807, 2.05) is 0 Å². The van der Waals surface area contributed by atoms with Crippen LogP contribution in [0.25, 0.3) is 11.2 Å². The third-order valence-electron chi connectivity index (χ3n) is 7.86. The average molecular weight is 912 g/mol. The number of nitrogen functional groups attached to an aromatic ring is 1. The van der Waals surface area contributed by atoms with Crippen LogP contribution in [-0.2, 0) is 55.5 Å². The summed E-state index contributed by atoms with van der Waals surface area (Å²) >= 11 is 0.825. The quantitative estimate of drug-likeness (QED) is 0.0412. The zero-order chi connectivity index (χ0) is 43.6. The Morgan fingerprint density at radius 2 is 1.69 bits per heavy atom. The first kappa shape index (κ1) is 49.4. The Morgan fingerprint density at radius 1 is 1.02 bits per heavy atom. The lowest BCUT2D eigenvalue weighted by atomic mass is 9.87. The van der Waals surface area contributed by atoms with Gasteiger partial charge >= 0.3 is 29.4 Å². The fourth-order valence-electron chi connectivity index (χ4n) is 4.94. The predicted molar refractivity (Wildman–Crippen MR) is 195 cm³/mol. The van der Waals surface area contributed by atoms with Crippen molar-refractivity contribution >= 4 is 75.1 Å². The fraction of sp³-hybridized carbons (Fsp3) is 0.667. The third-order valence-corrected chi connectivity index (χ3v) is 11.9. The van der Waals surface area contributed by atoms with E-state index in [0.717, 1.165) is 29.0 Å². The van der Waals surface area contributed by atoms with Gasteiger partial charge in [-0.25, -0.2) is 28.6 Å². The molecule has 1 saturated heterocycles. The van der Waals surface area contributed by atoms with Crippen molar-refractivity contribution < 1.29 is 95.5 Å². The number of phosphoric acid groups is 3. The van der Waals surface area contributed by atoms with E-state index in [1.54, 1.807) is 0 Å². The van der Waals surface area contributed by atoms with Crippen LogP contribution in [0.15, 0.2) is 12.7 Å². The van der Waals surface area contributed by atoms with E-state index >= 15 is 0 Å². The lowest BCUT2D eigenvalue weighted by Crippen LogP contribution is -2.46. The van der Waals surface area contributed by atoms with Crippen LogP contribution in [0.1, 0.15) is 45.8 Å². The first-order valence-electron chi connectivity index (χ1n) is 16.8. The number of nitrogens with one attached hydrogen (secondary N) is 2. The number of ether oxygens (including phenoxy) is 1. The number of aromatic nitrogens is 4. The van der Waals surface area contributed by atoms with Crippen LogP contribution in [0.2, 0.25) is 0 Å². The molecule has 3 heterocycles. The van der Waals surface area contributed by atoms with Crippen molar-refractivity contribution in [3.63, 3.8) is 0 Å². The van der Waals surface area contributed by atoms with Gasteiger partial charge in [0.05, 0.1) is 25.6 Å². The molecular weight excluding hydrogens is 867 g/mol. The van der Waals surface area contributed by atoms with Gasteiger partial charge in [-0.3, -0.25) is 37.3 Å². The van der Waals surface area contributed by atoms with Gasteiger partial charge in [-0.15, -0.1) is 0 Å². The van der Waals surface area contributed by atoms with Crippen LogP contribution >= 0.6 is 35.2 Å². The summed E-state index contributed by atoms with van der Waals surface area (Å²) in [4.78, 5) is 97.9. The van der Waals surface area contributed by atoms with Gasteiger partial charge in [0.1, 0.15) is 36.3 Å². The molecule has 1 fully saturated rings. The van der Waals surface area contributed by atoms with Crippen LogP contribution < -0.4 is 16.4 Å². The number of hydrogen-bond acceptors (Lipinski definition) is 20. The van der Waals surface area contributed by atoms with Crippen LogP contribution in [0, 0.1) is 5.41 Å². The zero-order valence-corrected chi connectivity index (χ0v) is 34.1. The molecule has 0 aromatic carbocycles. The Morgan fingerprint density at radius 3 is 2.34 bits per heavy atom. The number of phosphoric ester groups is 3. The number of thioether (sulfide) groups is 1. The number of carbonyl (C=O) groups is 4. The number of amides is 2. The smallest absolute Gasteiger partial charge is 0.481 e. The number of aliphatic hydroxyl groups is 3. The number of fused-ring (bicyclic) bond motifs is 1. The van der Waals surface area contributed by atoms with E-state index in [9.17, 15) is 67.8 Å². The number of carboxylic acid groups (broad SMARTS) is 1. The maximum absolute atomic E-state index is 12.7. The lowest BCUT2D eigenvalue weighted by Gasteiger charge is -2.30. The van der Waals surface area contributed by atoms with E-state index in [4.69, 9.17) is 24.6 Å². The Balaban J connectivity index is 1.45. The van der Waals surface area contributed by atoms with Crippen molar-refractivity contribution in [2.75, 3.05) is 37.8 Å². The Kier molecular flexibility index (Phi) is 17.9. The van der Waals surface area contributed by atoms with Gasteiger partial charge in [0, 0.05) is 43.5 Å². The molecule has 12 N–H and O–H groups in total. The number of nitrogens with zero attached hydrogens (tertiary/aromatic N) is 4. The number of carboxylic acids is 1. The van der Waals surface area contributed by atoms with Crippen molar-refractivity contribution in [2.24, 2.45) is 5.41 Å². The maximum Gasteiger partial charge on any atom is 0.481 e. The van der Waals surface area contributed by atoms with E-state index in [2.05, 4.69) is 34.4 Å². The molecule has 0 radical (unpaired) electrons. The topological polar surface area (TPSA) is 421 Å². The number of hydrogen-bond donors (Lipinski definition) is 11. The number of nitrogens with two attached hydrogens (primary N) is 1. The highest BCUT2D eigenvalue weighted by Crippen LogP contribution is 2.61. The van der Waals surface area contributed by atoms with E-state index in [-0.39, 0.29) is 61.5 Å². The predicted octanol–water partition coefficient (Wildman–Crippen LogP) is -1.72. The average Bonchev–Trinajstić information content (AvgIpc) is 3.67. The van der Waals surface area contributed by atoms with Gasteiger partial charge in [0.25, 0.3) is 0 Å². The molecule has 2 amide bonds. The van der Waals surface area contributed by atoms with Crippen LogP contribution in [-0.4, -0.2) is 145 Å². The van der Waals surface area contributed by atoms with Crippen molar-refractivity contribution in [1.29, 1.82) is 0 Å². The SMILES string of the molecule is CC(C)(COP(=O)(O)OP(=O)(O)OC[C@H]1O[C@@H](n2cnc3c(N)ncnc32)[C@H](O)[C@@H]1OP(=O)(O)O)[C@@H](O)C(=O)NCCC(=O)NCCSC(=O)CC(O)CCC(=O)O. The van der Waals surface area contributed by atoms with Gasteiger partial charge in [-0.2, -0.15) is 4.31 Å². The molecule has 0 spiro atoms. The molecule has 2 aromatic rings. The Labute approximate surface area is 332 Å². The Bertz CT molecular complexity index is 1920. The highest BCUT2D eigenvalue weighted by Gasteiger charge is 2.50. The molecule has 3 rings (SSSR count). The zero-order valence-electron chi connectivity index (χ0n) is 30.6. The largest absolute Gasteiger partial charge is 0.481 e. The van der Waals surface area contributed by atoms with Crippen LogP contribution in [0.3, 0.4) is 0 Å². The molecule has 1 aliphatic heterocycles. The first-order valence-corrected chi connectivity index (χ1v) is 22.3.